The summed E-state index contributed by atoms with van der Waals surface area (Å²) in [5, 5.41) is 4.03. The van der Waals surface area contributed by atoms with Crippen LogP contribution in [0.2, 0.25) is 0 Å². The van der Waals surface area contributed by atoms with E-state index in [-0.39, 0.29) is 10.8 Å². The Kier molecular flexibility index (Phi) is 4.97. The Morgan fingerprint density at radius 1 is 1.23 bits per heavy atom. The fourth-order valence-electron chi connectivity index (χ4n) is 3.65. The highest BCUT2D eigenvalue weighted by Crippen LogP contribution is 2.29. The van der Waals surface area contributed by atoms with E-state index in [9.17, 15) is 8.42 Å². The first-order chi connectivity index (χ1) is 14.6. The molecule has 0 saturated carbocycles. The number of fused-ring (bicyclic) bond motifs is 1. The lowest BCUT2D eigenvalue weighted by Gasteiger charge is -2.31. The van der Waals surface area contributed by atoms with E-state index in [2.05, 4.69) is 28.9 Å². The van der Waals surface area contributed by atoms with Gasteiger partial charge in [0.05, 0.1) is 17.9 Å². The second-order valence-electron chi connectivity index (χ2n) is 7.07. The van der Waals surface area contributed by atoms with E-state index in [1.165, 1.54) is 4.31 Å². The van der Waals surface area contributed by atoms with Gasteiger partial charge in [0.1, 0.15) is 21.6 Å². The van der Waals surface area contributed by atoms with Crippen molar-refractivity contribution in [2.75, 3.05) is 13.1 Å². The molecule has 0 radical (unpaired) electrons. The number of hydrogen-bond acceptors (Lipinski definition) is 10. The summed E-state index contributed by atoms with van der Waals surface area (Å²) in [6, 6.07) is 5.06. The van der Waals surface area contributed by atoms with Crippen LogP contribution in [0.15, 0.2) is 46.2 Å². The van der Waals surface area contributed by atoms with Crippen molar-refractivity contribution in [3.8, 4) is 11.6 Å². The van der Waals surface area contributed by atoms with Crippen LogP contribution in [0.1, 0.15) is 18.7 Å². The van der Waals surface area contributed by atoms with Gasteiger partial charge in [0.15, 0.2) is 5.82 Å². The highest BCUT2D eigenvalue weighted by molar-refractivity contribution is 7.89. The molecule has 154 valence electrons. The van der Waals surface area contributed by atoms with Gasteiger partial charge in [0.2, 0.25) is 10.0 Å². The van der Waals surface area contributed by atoms with Crippen LogP contribution in [-0.2, 0) is 16.4 Å². The van der Waals surface area contributed by atoms with E-state index in [0.717, 1.165) is 24.6 Å². The van der Waals surface area contributed by atoms with Gasteiger partial charge in [0.25, 0.3) is 5.89 Å². The van der Waals surface area contributed by atoms with E-state index in [0.29, 0.717) is 48.0 Å². The molecule has 30 heavy (non-hydrogen) atoms. The molecule has 5 rings (SSSR count). The average Bonchev–Trinajstić information content (AvgIpc) is 3.44. The maximum absolute atomic E-state index is 13.3. The molecular formula is C18H17N7O3S2. The Labute approximate surface area is 176 Å². The molecule has 4 aromatic rings. The topological polar surface area (TPSA) is 128 Å². The maximum atomic E-state index is 13.3. The van der Waals surface area contributed by atoms with E-state index < -0.39 is 10.0 Å². The largest absolute Gasteiger partial charge is 0.332 e. The lowest BCUT2D eigenvalue weighted by molar-refractivity contribution is 0.261. The molecule has 1 fully saturated rings. The normalized spacial score (nSPS) is 18.1. The van der Waals surface area contributed by atoms with Gasteiger partial charge in [-0.15, -0.1) is 0 Å². The van der Waals surface area contributed by atoms with E-state index in [1.54, 1.807) is 36.8 Å². The molecule has 0 amide bonds. The fourth-order valence-corrected chi connectivity index (χ4v) is 5.96. The predicted molar refractivity (Wildman–Crippen MR) is 108 cm³/mol. The maximum Gasteiger partial charge on any atom is 0.278 e. The van der Waals surface area contributed by atoms with Crippen LogP contribution >= 0.6 is 11.7 Å². The molecular weight excluding hydrogens is 426 g/mol. The third-order valence-corrected chi connectivity index (χ3v) is 7.51. The predicted octanol–water partition coefficient (Wildman–Crippen LogP) is 2.17. The van der Waals surface area contributed by atoms with E-state index >= 15 is 0 Å². The fraction of sp³-hybridized carbons (Fsp3) is 0.333. The molecule has 0 aliphatic carbocycles. The summed E-state index contributed by atoms with van der Waals surface area (Å²) in [6.07, 6.45) is 6.87. The Morgan fingerprint density at radius 2 is 2.17 bits per heavy atom. The SMILES string of the molecule is O=S(=O)(c1cccc2nsnc12)N1CCCC(Cc2noc(-c3cnccn3)n2)C1. The smallest absolute Gasteiger partial charge is 0.278 e. The number of nitrogens with zero attached hydrogens (tertiary/aromatic N) is 7. The minimum atomic E-state index is -3.67. The van der Waals surface area contributed by atoms with Crippen molar-refractivity contribution in [2.24, 2.45) is 5.92 Å². The van der Waals surface area contributed by atoms with Gasteiger partial charge >= 0.3 is 0 Å². The first-order valence-corrected chi connectivity index (χ1v) is 11.6. The molecule has 3 aromatic heterocycles. The highest BCUT2D eigenvalue weighted by atomic mass is 32.2. The van der Waals surface area contributed by atoms with Crippen LogP contribution in [0.3, 0.4) is 0 Å². The first kappa shape index (κ1) is 19.2. The van der Waals surface area contributed by atoms with Crippen LogP contribution in [0.4, 0.5) is 0 Å². The van der Waals surface area contributed by atoms with Gasteiger partial charge < -0.3 is 4.52 Å². The lowest BCUT2D eigenvalue weighted by Crippen LogP contribution is -2.40. The third-order valence-electron chi connectivity index (χ3n) is 5.07. The van der Waals surface area contributed by atoms with Crippen LogP contribution < -0.4 is 0 Å². The molecule has 12 heteroatoms. The van der Waals surface area contributed by atoms with Crippen molar-refractivity contribution < 1.29 is 12.9 Å². The summed E-state index contributed by atoms with van der Waals surface area (Å²) < 4.78 is 41.7. The number of sulfonamides is 1. The zero-order valence-corrected chi connectivity index (χ0v) is 17.4. The zero-order chi connectivity index (χ0) is 20.6. The number of hydrogen-bond donors (Lipinski definition) is 0. The average molecular weight is 444 g/mol. The second kappa shape index (κ2) is 7.78. The molecule has 0 N–H and O–H groups in total. The second-order valence-corrected chi connectivity index (χ2v) is 9.50. The molecule has 1 aromatic carbocycles. The van der Waals surface area contributed by atoms with Crippen molar-refractivity contribution in [3.05, 3.63) is 42.6 Å². The summed E-state index contributed by atoms with van der Waals surface area (Å²) >= 11 is 1.01. The Bertz CT molecular complexity index is 1270. The van der Waals surface area contributed by atoms with Gasteiger partial charge in [0, 0.05) is 31.9 Å². The summed E-state index contributed by atoms with van der Waals surface area (Å²) in [7, 11) is -3.67. The quantitative estimate of drug-likeness (QED) is 0.456. The van der Waals surface area contributed by atoms with Gasteiger partial charge in [-0.3, -0.25) is 4.98 Å². The molecule has 4 heterocycles. The summed E-state index contributed by atoms with van der Waals surface area (Å²) in [6.45, 7) is 0.870. The van der Waals surface area contributed by atoms with Gasteiger partial charge in [-0.05, 0) is 30.9 Å². The number of rotatable bonds is 5. The van der Waals surface area contributed by atoms with Crippen LogP contribution in [-0.4, -0.2) is 54.7 Å². The number of piperidine rings is 1. The van der Waals surface area contributed by atoms with Crippen molar-refractivity contribution in [3.63, 3.8) is 0 Å². The number of benzene rings is 1. The van der Waals surface area contributed by atoms with Crippen molar-refractivity contribution in [1.29, 1.82) is 0 Å². The molecule has 10 nitrogen and oxygen atoms in total. The minimum Gasteiger partial charge on any atom is -0.332 e. The van der Waals surface area contributed by atoms with Gasteiger partial charge in [-0.2, -0.15) is 18.0 Å². The summed E-state index contributed by atoms with van der Waals surface area (Å²) in [5.41, 5.74) is 1.53. The lowest BCUT2D eigenvalue weighted by atomic mass is 9.96. The van der Waals surface area contributed by atoms with Crippen molar-refractivity contribution in [1.82, 2.24) is 33.2 Å². The highest BCUT2D eigenvalue weighted by Gasteiger charge is 2.32. The standard InChI is InChI=1S/C18H17N7O3S2/c26-30(27,15-5-1-4-13-17(15)24-29-23-13)25-8-2-3-12(11-25)9-16-21-18(28-22-16)14-10-19-6-7-20-14/h1,4-7,10,12H,2-3,8-9,11H2. The minimum absolute atomic E-state index is 0.0913. The Hall–Kier alpha value is -2.83. The molecule has 1 saturated heterocycles. The molecule has 0 spiro atoms. The Morgan fingerprint density at radius 3 is 3.03 bits per heavy atom. The van der Waals surface area contributed by atoms with Crippen LogP contribution in [0.25, 0.3) is 22.6 Å². The van der Waals surface area contributed by atoms with Crippen molar-refractivity contribution >= 4 is 32.8 Å². The zero-order valence-electron chi connectivity index (χ0n) is 15.7. The molecule has 1 aliphatic heterocycles. The van der Waals surface area contributed by atoms with Crippen molar-refractivity contribution in [2.45, 2.75) is 24.2 Å². The monoisotopic (exact) mass is 443 g/mol. The van der Waals surface area contributed by atoms with Gasteiger partial charge in [-0.1, -0.05) is 11.2 Å². The van der Waals surface area contributed by atoms with E-state index in [1.807, 2.05) is 0 Å². The van der Waals surface area contributed by atoms with Gasteiger partial charge in [-0.25, -0.2) is 13.4 Å². The molecule has 1 atom stereocenters. The first-order valence-electron chi connectivity index (χ1n) is 9.41. The molecule has 1 unspecified atom stereocenters. The third kappa shape index (κ3) is 3.57. The Balaban J connectivity index is 1.34. The van der Waals surface area contributed by atoms with Crippen LogP contribution in [0, 0.1) is 5.92 Å². The van der Waals surface area contributed by atoms with E-state index in [4.69, 9.17) is 4.52 Å². The summed E-state index contributed by atoms with van der Waals surface area (Å²) in [4.78, 5) is 12.7. The molecule has 1 aliphatic rings. The summed E-state index contributed by atoms with van der Waals surface area (Å²) in [5.74, 6) is 0.931. The van der Waals surface area contributed by atoms with Crippen LogP contribution in [0.5, 0.6) is 0 Å². The number of aromatic nitrogens is 6. The molecule has 0 bridgehead atoms.